The van der Waals surface area contributed by atoms with Gasteiger partial charge in [0.2, 0.25) is 0 Å². The Hall–Kier alpha value is -4.33. The fourth-order valence-corrected chi connectivity index (χ4v) is 5.68. The lowest BCUT2D eigenvalue weighted by Gasteiger charge is -2.33. The summed E-state index contributed by atoms with van der Waals surface area (Å²) in [6, 6.07) is 10.8. The molecule has 3 aromatic heterocycles. The number of imidazole rings is 1. The number of thiophene rings is 1. The van der Waals surface area contributed by atoms with Gasteiger partial charge in [-0.1, -0.05) is 12.1 Å². The number of aromatic nitrogens is 4. The van der Waals surface area contributed by atoms with E-state index in [1.54, 1.807) is 36.0 Å². The van der Waals surface area contributed by atoms with E-state index < -0.39 is 17.6 Å². The number of halogens is 3. The molecule has 9 nitrogen and oxygen atoms in total. The summed E-state index contributed by atoms with van der Waals surface area (Å²) < 4.78 is 50.2. The number of carbonyl (C=O) groups excluding carboxylic acids is 1. The van der Waals surface area contributed by atoms with Gasteiger partial charge in [-0.15, -0.1) is 0 Å². The predicted molar refractivity (Wildman–Crippen MR) is 163 cm³/mol. The van der Waals surface area contributed by atoms with Gasteiger partial charge in [0.15, 0.2) is 17.0 Å². The predicted octanol–water partition coefficient (Wildman–Crippen LogP) is 6.21. The molecule has 0 spiro atoms. The first-order valence-corrected chi connectivity index (χ1v) is 14.9. The van der Waals surface area contributed by atoms with E-state index >= 15 is 0 Å². The number of ether oxygens (including phenoxy) is 1. The van der Waals surface area contributed by atoms with Gasteiger partial charge < -0.3 is 19.5 Å². The van der Waals surface area contributed by atoms with Crippen LogP contribution < -0.4 is 10.1 Å². The van der Waals surface area contributed by atoms with Gasteiger partial charge in [-0.2, -0.15) is 29.5 Å². The van der Waals surface area contributed by atoms with E-state index in [9.17, 15) is 18.0 Å². The quantitative estimate of drug-likeness (QED) is 0.231. The van der Waals surface area contributed by atoms with Crippen molar-refractivity contribution >= 4 is 34.1 Å². The molecule has 0 radical (unpaired) electrons. The van der Waals surface area contributed by atoms with Gasteiger partial charge in [-0.05, 0) is 54.7 Å². The lowest BCUT2D eigenvalue weighted by atomic mass is 10.0. The summed E-state index contributed by atoms with van der Waals surface area (Å²) >= 11 is 1.52. The highest BCUT2D eigenvalue weighted by molar-refractivity contribution is 7.08. The maximum Gasteiger partial charge on any atom is 0.416 e. The number of benzene rings is 2. The molecule has 1 fully saturated rings. The highest BCUT2D eigenvalue weighted by Crippen LogP contribution is 2.35. The third-order valence-electron chi connectivity index (χ3n) is 7.65. The van der Waals surface area contributed by atoms with Crippen molar-refractivity contribution in [1.82, 2.24) is 29.3 Å². The number of hydrogen-bond acceptors (Lipinski definition) is 8. The van der Waals surface area contributed by atoms with Crippen molar-refractivity contribution in [2.75, 3.05) is 38.5 Å². The molecule has 2 aromatic carbocycles. The number of anilines is 1. The zero-order valence-corrected chi connectivity index (χ0v) is 25.2. The zero-order chi connectivity index (χ0) is 31.0. The van der Waals surface area contributed by atoms with Crippen LogP contribution in [0, 0.1) is 6.92 Å². The van der Waals surface area contributed by atoms with E-state index in [0.29, 0.717) is 47.1 Å². The molecule has 1 N–H and O–H groups in total. The lowest BCUT2D eigenvalue weighted by molar-refractivity contribution is -0.138. The SMILES string of the molecule is Cc1ccc(Oc2nc(-c3ccsc3)nc3c2ncn3C)cc1NC(=O)c1ccc(CN2CCN(C)CC2)c(C(F)(F)F)c1. The zero-order valence-electron chi connectivity index (χ0n) is 24.4. The summed E-state index contributed by atoms with van der Waals surface area (Å²) in [4.78, 5) is 31.0. The number of carbonyl (C=O) groups is 1. The number of nitrogens with zero attached hydrogens (tertiary/aromatic N) is 6. The number of alkyl halides is 3. The molecule has 1 amide bonds. The van der Waals surface area contributed by atoms with Crippen molar-refractivity contribution in [3.63, 3.8) is 0 Å². The van der Waals surface area contributed by atoms with Crippen molar-refractivity contribution in [2.24, 2.45) is 7.05 Å². The van der Waals surface area contributed by atoms with Crippen molar-refractivity contribution in [3.05, 3.63) is 81.8 Å². The summed E-state index contributed by atoms with van der Waals surface area (Å²) in [6.07, 6.45) is -2.98. The highest BCUT2D eigenvalue weighted by Gasteiger charge is 2.34. The van der Waals surface area contributed by atoms with Gasteiger partial charge in [0.05, 0.1) is 11.9 Å². The Labute approximate surface area is 255 Å². The molecule has 0 atom stereocenters. The van der Waals surface area contributed by atoms with Crippen molar-refractivity contribution < 1.29 is 22.7 Å². The van der Waals surface area contributed by atoms with Crippen LogP contribution in [-0.2, 0) is 19.8 Å². The first-order chi connectivity index (χ1) is 21.0. The average Bonchev–Trinajstić information content (AvgIpc) is 3.66. The molecule has 228 valence electrons. The molecule has 5 aromatic rings. The highest BCUT2D eigenvalue weighted by atomic mass is 32.1. The van der Waals surface area contributed by atoms with Crippen molar-refractivity contribution in [3.8, 4) is 23.0 Å². The van der Waals surface area contributed by atoms with Crippen LogP contribution in [0.5, 0.6) is 11.6 Å². The van der Waals surface area contributed by atoms with Gasteiger partial charge in [0.1, 0.15) is 5.75 Å². The summed E-state index contributed by atoms with van der Waals surface area (Å²) in [5, 5.41) is 6.62. The fraction of sp³-hybridized carbons (Fsp3) is 0.290. The summed E-state index contributed by atoms with van der Waals surface area (Å²) in [6.45, 7) is 4.92. The number of likely N-dealkylation sites (N-methyl/N-ethyl adjacent to an activating group) is 1. The molecular weight excluding hydrogens is 591 g/mol. The summed E-state index contributed by atoms with van der Waals surface area (Å²) in [7, 11) is 3.82. The van der Waals surface area contributed by atoms with E-state index in [1.807, 2.05) is 35.8 Å². The monoisotopic (exact) mass is 621 g/mol. The molecule has 4 heterocycles. The van der Waals surface area contributed by atoms with Crippen molar-refractivity contribution in [1.29, 1.82) is 0 Å². The van der Waals surface area contributed by atoms with Gasteiger partial charge in [-0.3, -0.25) is 9.69 Å². The maximum atomic E-state index is 14.1. The molecule has 0 unspecified atom stereocenters. The molecule has 1 aliphatic rings. The Morgan fingerprint density at radius 3 is 2.57 bits per heavy atom. The second-order valence-electron chi connectivity index (χ2n) is 10.9. The number of amides is 1. The largest absolute Gasteiger partial charge is 0.437 e. The molecule has 6 rings (SSSR count). The van der Waals surface area contributed by atoms with Gasteiger partial charge in [0.25, 0.3) is 11.8 Å². The molecule has 1 aliphatic heterocycles. The normalized spacial score (nSPS) is 14.7. The minimum absolute atomic E-state index is 0.0865. The van der Waals surface area contributed by atoms with Crippen LogP contribution in [-0.4, -0.2) is 68.5 Å². The molecule has 0 bridgehead atoms. The van der Waals surface area contributed by atoms with Gasteiger partial charge >= 0.3 is 6.18 Å². The molecule has 0 aliphatic carbocycles. The minimum atomic E-state index is -4.60. The smallest absolute Gasteiger partial charge is 0.416 e. The standard InChI is InChI=1S/C31H30F3N7O2S/c1-19-4-7-23(43-30-26-28(40(3)18-35-26)37-27(38-30)22-8-13-44-17-22)15-25(19)36-29(42)20-5-6-21(24(14-20)31(32,33)34)16-41-11-9-39(2)10-12-41/h4-8,13-15,17-18H,9-12,16H2,1-3H3,(H,36,42). The molecule has 13 heteroatoms. The van der Waals surface area contributed by atoms with E-state index in [0.717, 1.165) is 24.7 Å². The molecule has 1 saturated heterocycles. The Bertz CT molecular complexity index is 1810. The number of piperazine rings is 1. The molecule has 44 heavy (non-hydrogen) atoms. The van der Waals surface area contributed by atoms with Crippen LogP contribution in [0.4, 0.5) is 18.9 Å². The third kappa shape index (κ3) is 6.30. The van der Waals surface area contributed by atoms with Crippen LogP contribution >= 0.6 is 11.3 Å². The number of fused-ring (bicyclic) bond motifs is 1. The minimum Gasteiger partial charge on any atom is -0.437 e. The van der Waals surface area contributed by atoms with E-state index in [-0.39, 0.29) is 23.6 Å². The third-order valence-corrected chi connectivity index (χ3v) is 8.33. The second kappa shape index (κ2) is 12.0. The van der Waals surface area contributed by atoms with E-state index in [1.165, 1.54) is 23.5 Å². The molecular formula is C31H30F3N7O2S. The fourth-order valence-electron chi connectivity index (χ4n) is 5.04. The van der Waals surface area contributed by atoms with Gasteiger partial charge in [0, 0.05) is 68.0 Å². The average molecular weight is 622 g/mol. The number of aryl methyl sites for hydroxylation is 2. The first-order valence-electron chi connectivity index (χ1n) is 14.0. The maximum absolute atomic E-state index is 14.1. The number of rotatable bonds is 7. The van der Waals surface area contributed by atoms with Crippen LogP contribution in [0.25, 0.3) is 22.6 Å². The van der Waals surface area contributed by atoms with Crippen LogP contribution in [0.3, 0.4) is 0 Å². The topological polar surface area (TPSA) is 88.4 Å². The second-order valence-corrected chi connectivity index (χ2v) is 11.7. The summed E-state index contributed by atoms with van der Waals surface area (Å²) in [5.74, 6) is 0.431. The van der Waals surface area contributed by atoms with Crippen LogP contribution in [0.2, 0.25) is 0 Å². The van der Waals surface area contributed by atoms with Crippen LogP contribution in [0.1, 0.15) is 27.0 Å². The number of hydrogen-bond donors (Lipinski definition) is 1. The number of nitrogens with one attached hydrogen (secondary N) is 1. The Kier molecular flexibility index (Phi) is 8.10. The Morgan fingerprint density at radius 2 is 1.84 bits per heavy atom. The lowest BCUT2D eigenvalue weighted by Crippen LogP contribution is -2.44. The van der Waals surface area contributed by atoms with E-state index in [4.69, 9.17) is 4.74 Å². The summed E-state index contributed by atoms with van der Waals surface area (Å²) in [5.41, 5.74) is 2.26. The Balaban J connectivity index is 1.24. The van der Waals surface area contributed by atoms with Gasteiger partial charge in [-0.25, -0.2) is 9.97 Å². The first kappa shape index (κ1) is 29.7. The van der Waals surface area contributed by atoms with Crippen molar-refractivity contribution in [2.45, 2.75) is 19.6 Å². The van der Waals surface area contributed by atoms with Crippen LogP contribution in [0.15, 0.2) is 59.6 Å². The molecule has 0 saturated carbocycles. The Morgan fingerprint density at radius 1 is 1.05 bits per heavy atom. The van der Waals surface area contributed by atoms with E-state index in [2.05, 4.69) is 25.2 Å².